The van der Waals surface area contributed by atoms with Crippen LogP contribution in [0.5, 0.6) is 0 Å². The maximum absolute atomic E-state index is 12.8. The van der Waals surface area contributed by atoms with E-state index in [1.165, 1.54) is 36.3 Å². The van der Waals surface area contributed by atoms with E-state index in [0.717, 1.165) is 12.1 Å². The number of hydrogen-bond donors (Lipinski definition) is 0. The summed E-state index contributed by atoms with van der Waals surface area (Å²) in [5.41, 5.74) is 2.20. The molecule has 1 aliphatic carbocycles. The van der Waals surface area contributed by atoms with Gasteiger partial charge in [0.2, 0.25) is 0 Å². The second kappa shape index (κ2) is 7.31. The molecule has 2 fully saturated rings. The van der Waals surface area contributed by atoms with E-state index in [2.05, 4.69) is 30.9 Å². The molecule has 0 N–H and O–H groups in total. The van der Waals surface area contributed by atoms with Crippen LogP contribution in [-0.4, -0.2) is 34.9 Å². The van der Waals surface area contributed by atoms with E-state index in [4.69, 9.17) is 0 Å². The van der Waals surface area contributed by atoms with Crippen LogP contribution in [0.3, 0.4) is 0 Å². The average molecular weight is 336 g/mol. The lowest BCUT2D eigenvalue weighted by molar-refractivity contribution is 0.0722. The van der Waals surface area contributed by atoms with Crippen LogP contribution in [-0.2, 0) is 0 Å². The molecule has 0 unspecified atom stereocenters. The third-order valence-corrected chi connectivity index (χ3v) is 7.08. The van der Waals surface area contributed by atoms with Crippen molar-refractivity contribution in [2.24, 2.45) is 5.92 Å². The minimum absolute atomic E-state index is 0.215. The predicted molar refractivity (Wildman–Crippen MR) is 97.6 cm³/mol. The molecule has 2 aliphatic rings. The van der Waals surface area contributed by atoms with Crippen molar-refractivity contribution in [2.75, 3.05) is 18.1 Å². The Morgan fingerprint density at radius 3 is 2.36 bits per heavy atom. The molecule has 1 saturated carbocycles. The van der Waals surface area contributed by atoms with Crippen molar-refractivity contribution < 1.29 is 4.79 Å². The molecule has 1 aromatic carbocycles. The molecule has 1 amide bonds. The molecular formula is C18H25NOS2. The van der Waals surface area contributed by atoms with Crippen molar-refractivity contribution in [2.45, 2.75) is 43.7 Å². The summed E-state index contributed by atoms with van der Waals surface area (Å²) in [6.07, 6.45) is 3.66. The largest absolute Gasteiger partial charge is 0.335 e. The van der Waals surface area contributed by atoms with Gasteiger partial charge in [-0.1, -0.05) is 26.0 Å². The first-order valence-electron chi connectivity index (χ1n) is 8.29. The lowest BCUT2D eigenvalue weighted by Gasteiger charge is -2.25. The van der Waals surface area contributed by atoms with Crippen LogP contribution in [0.25, 0.3) is 0 Å². The smallest absolute Gasteiger partial charge is 0.254 e. The van der Waals surface area contributed by atoms with Crippen LogP contribution >= 0.6 is 23.5 Å². The standard InChI is InChI=1S/C18H25NOS2/c1-13(2)12-19(16-8-9-16)17(20)14-4-6-15(7-5-14)18-21-10-3-11-22-18/h4-7,13,16,18H,3,8-12H2,1-2H3. The Morgan fingerprint density at radius 1 is 1.18 bits per heavy atom. The third-order valence-electron chi connectivity index (χ3n) is 4.07. The molecule has 120 valence electrons. The van der Waals surface area contributed by atoms with Crippen molar-refractivity contribution in [3.63, 3.8) is 0 Å². The van der Waals surface area contributed by atoms with E-state index >= 15 is 0 Å². The third kappa shape index (κ3) is 4.02. The van der Waals surface area contributed by atoms with Gasteiger partial charge in [-0.2, -0.15) is 0 Å². The first-order valence-corrected chi connectivity index (χ1v) is 10.4. The Labute approximate surface area is 142 Å². The summed E-state index contributed by atoms with van der Waals surface area (Å²) in [6, 6.07) is 8.86. The Morgan fingerprint density at radius 2 is 1.82 bits per heavy atom. The van der Waals surface area contributed by atoms with Gasteiger partial charge in [-0.25, -0.2) is 0 Å². The van der Waals surface area contributed by atoms with Gasteiger partial charge in [0, 0.05) is 18.2 Å². The predicted octanol–water partition coefficient (Wildman–Crippen LogP) is 4.82. The molecule has 1 heterocycles. The van der Waals surface area contributed by atoms with Gasteiger partial charge in [-0.05, 0) is 54.4 Å². The van der Waals surface area contributed by atoms with E-state index in [9.17, 15) is 4.79 Å². The van der Waals surface area contributed by atoms with E-state index in [-0.39, 0.29) is 5.91 Å². The minimum Gasteiger partial charge on any atom is -0.335 e. The van der Waals surface area contributed by atoms with E-state index in [1.54, 1.807) is 0 Å². The highest BCUT2D eigenvalue weighted by atomic mass is 32.2. The van der Waals surface area contributed by atoms with Crippen LogP contribution in [0.1, 0.15) is 53.6 Å². The molecule has 1 aromatic rings. The highest BCUT2D eigenvalue weighted by molar-refractivity contribution is 8.16. The number of thioether (sulfide) groups is 2. The molecule has 1 aliphatic heterocycles. The molecule has 0 spiro atoms. The van der Waals surface area contributed by atoms with Gasteiger partial charge >= 0.3 is 0 Å². The molecule has 0 aromatic heterocycles. The maximum Gasteiger partial charge on any atom is 0.254 e. The zero-order chi connectivity index (χ0) is 15.5. The summed E-state index contributed by atoms with van der Waals surface area (Å²) in [6.45, 7) is 5.24. The van der Waals surface area contributed by atoms with E-state index in [1.807, 2.05) is 35.7 Å². The van der Waals surface area contributed by atoms with Crippen LogP contribution in [0.4, 0.5) is 0 Å². The van der Waals surface area contributed by atoms with Crippen LogP contribution < -0.4 is 0 Å². The number of nitrogens with zero attached hydrogens (tertiary/aromatic N) is 1. The van der Waals surface area contributed by atoms with Gasteiger partial charge < -0.3 is 4.90 Å². The van der Waals surface area contributed by atoms with Crippen molar-refractivity contribution in [1.29, 1.82) is 0 Å². The Kier molecular flexibility index (Phi) is 5.40. The summed E-state index contributed by atoms with van der Waals surface area (Å²) in [7, 11) is 0. The van der Waals surface area contributed by atoms with Gasteiger partial charge in [0.05, 0.1) is 4.58 Å². The van der Waals surface area contributed by atoms with Gasteiger partial charge in [0.15, 0.2) is 0 Å². The molecule has 0 atom stereocenters. The Bertz CT molecular complexity index is 504. The van der Waals surface area contributed by atoms with Crippen LogP contribution in [0.2, 0.25) is 0 Å². The topological polar surface area (TPSA) is 20.3 Å². The fourth-order valence-electron chi connectivity index (χ4n) is 2.81. The number of amides is 1. The molecule has 0 bridgehead atoms. The van der Waals surface area contributed by atoms with Crippen molar-refractivity contribution in [3.8, 4) is 0 Å². The molecule has 22 heavy (non-hydrogen) atoms. The highest BCUT2D eigenvalue weighted by Crippen LogP contribution is 2.43. The average Bonchev–Trinajstić information content (AvgIpc) is 3.38. The molecule has 3 rings (SSSR count). The Balaban J connectivity index is 1.69. The molecule has 0 radical (unpaired) electrons. The SMILES string of the molecule is CC(C)CN(C(=O)c1ccc(C2SCCCS2)cc1)C1CC1. The van der Waals surface area contributed by atoms with Crippen molar-refractivity contribution >= 4 is 29.4 Å². The van der Waals surface area contributed by atoms with Crippen molar-refractivity contribution in [3.05, 3.63) is 35.4 Å². The summed E-state index contributed by atoms with van der Waals surface area (Å²) in [5.74, 6) is 3.25. The first kappa shape index (κ1) is 16.3. The normalized spacial score (nSPS) is 19.4. The summed E-state index contributed by atoms with van der Waals surface area (Å²) in [5, 5.41) is 0. The van der Waals surface area contributed by atoms with Crippen LogP contribution in [0.15, 0.2) is 24.3 Å². The lowest BCUT2D eigenvalue weighted by atomic mass is 10.1. The quantitative estimate of drug-likeness (QED) is 0.770. The number of benzene rings is 1. The van der Waals surface area contributed by atoms with Gasteiger partial charge in [-0.15, -0.1) is 23.5 Å². The van der Waals surface area contributed by atoms with Gasteiger partial charge in [0.25, 0.3) is 5.91 Å². The summed E-state index contributed by atoms with van der Waals surface area (Å²) >= 11 is 4.06. The minimum atomic E-state index is 0.215. The number of carbonyl (C=O) groups excluding carboxylic acids is 1. The molecule has 2 nitrogen and oxygen atoms in total. The number of hydrogen-bond acceptors (Lipinski definition) is 3. The lowest BCUT2D eigenvalue weighted by Crippen LogP contribution is -2.36. The van der Waals surface area contributed by atoms with Crippen LogP contribution in [0, 0.1) is 5.92 Å². The van der Waals surface area contributed by atoms with Gasteiger partial charge in [-0.3, -0.25) is 4.79 Å². The monoisotopic (exact) mass is 335 g/mol. The molecule has 4 heteroatoms. The molecule has 1 saturated heterocycles. The van der Waals surface area contributed by atoms with E-state index in [0.29, 0.717) is 16.5 Å². The van der Waals surface area contributed by atoms with Crippen molar-refractivity contribution in [1.82, 2.24) is 4.90 Å². The second-order valence-corrected chi connectivity index (χ2v) is 9.36. The zero-order valence-electron chi connectivity index (χ0n) is 13.5. The fourth-order valence-corrected chi connectivity index (χ4v) is 5.70. The molecular weight excluding hydrogens is 310 g/mol. The fraction of sp³-hybridized carbons (Fsp3) is 0.611. The zero-order valence-corrected chi connectivity index (χ0v) is 15.1. The number of carbonyl (C=O) groups is 1. The first-order chi connectivity index (χ1) is 10.6. The second-order valence-electron chi connectivity index (χ2n) is 6.63. The summed E-state index contributed by atoms with van der Waals surface area (Å²) < 4.78 is 0.549. The van der Waals surface area contributed by atoms with E-state index < -0.39 is 0 Å². The maximum atomic E-state index is 12.8. The summed E-state index contributed by atoms with van der Waals surface area (Å²) in [4.78, 5) is 14.9. The highest BCUT2D eigenvalue weighted by Gasteiger charge is 2.33. The Hall–Kier alpha value is -0.610. The van der Waals surface area contributed by atoms with Gasteiger partial charge in [0.1, 0.15) is 0 Å². The number of rotatable bonds is 5.